The number of para-hydroxylation sites is 1. The first-order chi connectivity index (χ1) is 13.7. The molecular weight excluding hydrogens is 396 g/mol. The van der Waals surface area contributed by atoms with E-state index in [2.05, 4.69) is 20.0 Å². The number of anilines is 2. The van der Waals surface area contributed by atoms with Gasteiger partial charge in [0.25, 0.3) is 15.9 Å². The summed E-state index contributed by atoms with van der Waals surface area (Å²) in [5.74, 6) is -0.304. The number of carbonyl (C=O) groups is 1. The summed E-state index contributed by atoms with van der Waals surface area (Å²) in [4.78, 5) is 20.0. The Bertz CT molecular complexity index is 1150. The number of nitrogens with one attached hydrogen (secondary N) is 2. The van der Waals surface area contributed by atoms with Crippen LogP contribution in [-0.4, -0.2) is 31.4 Å². The number of oxazole rings is 1. The Morgan fingerprint density at radius 2 is 1.83 bits per heavy atom. The number of amides is 1. The molecule has 0 spiro atoms. The lowest BCUT2D eigenvalue weighted by Gasteiger charge is -2.15. The van der Waals surface area contributed by atoms with E-state index in [-0.39, 0.29) is 22.2 Å². The molecule has 0 aliphatic heterocycles. The number of ether oxygens (including phenoxy) is 1. The summed E-state index contributed by atoms with van der Waals surface area (Å²) in [7, 11) is -2.73. The van der Waals surface area contributed by atoms with Crippen LogP contribution in [0.3, 0.4) is 0 Å². The molecule has 1 aromatic carbocycles. The van der Waals surface area contributed by atoms with Crippen molar-refractivity contribution in [3.05, 3.63) is 59.4 Å². The topological polar surface area (TPSA) is 123 Å². The van der Waals surface area contributed by atoms with Crippen LogP contribution < -0.4 is 14.8 Å². The number of methoxy groups -OCH3 is 1. The highest BCUT2D eigenvalue weighted by atomic mass is 32.2. The van der Waals surface area contributed by atoms with Crippen LogP contribution in [0.25, 0.3) is 0 Å². The molecule has 0 aliphatic rings. The Labute approximate surface area is 168 Å². The molecule has 3 aromatic rings. The van der Waals surface area contributed by atoms with Gasteiger partial charge in [-0.3, -0.25) is 9.52 Å². The lowest BCUT2D eigenvalue weighted by atomic mass is 10.1. The molecule has 0 unspecified atom stereocenters. The summed E-state index contributed by atoms with van der Waals surface area (Å²) in [6.45, 7) is 5.20. The summed E-state index contributed by atoms with van der Waals surface area (Å²) < 4.78 is 38.8. The summed E-state index contributed by atoms with van der Waals surface area (Å²) in [6, 6.07) is 6.72. The maximum absolute atomic E-state index is 13.0. The first kappa shape index (κ1) is 20.3. The van der Waals surface area contributed by atoms with Crippen molar-refractivity contribution in [2.75, 3.05) is 17.1 Å². The summed E-state index contributed by atoms with van der Waals surface area (Å²) in [5, 5.41) is 2.56. The molecule has 0 bridgehead atoms. The van der Waals surface area contributed by atoms with Crippen LogP contribution in [0, 0.1) is 20.8 Å². The Morgan fingerprint density at radius 1 is 1.14 bits per heavy atom. The minimum atomic E-state index is -4.04. The number of aromatic nitrogens is 2. The van der Waals surface area contributed by atoms with Gasteiger partial charge in [-0.05, 0) is 38.0 Å². The van der Waals surface area contributed by atoms with Gasteiger partial charge in [0.15, 0.2) is 17.0 Å². The lowest BCUT2D eigenvalue weighted by Crippen LogP contribution is -2.18. The van der Waals surface area contributed by atoms with E-state index in [1.807, 2.05) is 6.07 Å². The number of hydrogen-bond acceptors (Lipinski definition) is 7. The number of nitrogens with zero attached hydrogens (tertiary/aromatic N) is 2. The molecule has 0 radical (unpaired) electrons. The maximum atomic E-state index is 13.0. The maximum Gasteiger partial charge on any atom is 0.277 e. The molecule has 2 heterocycles. The van der Waals surface area contributed by atoms with E-state index in [4.69, 9.17) is 9.15 Å². The molecule has 9 nitrogen and oxygen atoms in total. The van der Waals surface area contributed by atoms with E-state index in [9.17, 15) is 13.2 Å². The van der Waals surface area contributed by atoms with Gasteiger partial charge in [-0.2, -0.15) is 0 Å². The van der Waals surface area contributed by atoms with Crippen LogP contribution in [0.2, 0.25) is 0 Å². The van der Waals surface area contributed by atoms with Gasteiger partial charge in [0.1, 0.15) is 5.76 Å². The number of rotatable bonds is 6. The van der Waals surface area contributed by atoms with Crippen LogP contribution in [0.5, 0.6) is 5.88 Å². The zero-order chi connectivity index (χ0) is 21.2. The first-order valence-electron chi connectivity index (χ1n) is 8.57. The Balaban J connectivity index is 1.96. The Morgan fingerprint density at radius 3 is 2.41 bits per heavy atom. The zero-order valence-electron chi connectivity index (χ0n) is 16.3. The lowest BCUT2D eigenvalue weighted by molar-refractivity contribution is 0.102. The zero-order valence-corrected chi connectivity index (χ0v) is 17.1. The smallest absolute Gasteiger partial charge is 0.277 e. The molecule has 0 saturated heterocycles. The molecule has 0 atom stereocenters. The predicted molar refractivity (Wildman–Crippen MR) is 107 cm³/mol. The monoisotopic (exact) mass is 416 g/mol. The van der Waals surface area contributed by atoms with E-state index in [1.54, 1.807) is 32.9 Å². The van der Waals surface area contributed by atoms with Crippen molar-refractivity contribution in [1.29, 1.82) is 0 Å². The number of hydrogen-bond donors (Lipinski definition) is 2. The van der Waals surface area contributed by atoms with Gasteiger partial charge in [-0.1, -0.05) is 18.2 Å². The fourth-order valence-electron chi connectivity index (χ4n) is 2.72. The van der Waals surface area contributed by atoms with Gasteiger partial charge in [0, 0.05) is 0 Å². The van der Waals surface area contributed by atoms with Gasteiger partial charge < -0.3 is 14.5 Å². The SMILES string of the molecule is COc1ncc(NC(=O)c2ncoc2C)cc1S(=O)(=O)Nc1c(C)cccc1C. The van der Waals surface area contributed by atoms with Gasteiger partial charge >= 0.3 is 0 Å². The van der Waals surface area contributed by atoms with Gasteiger partial charge in [0.05, 0.1) is 24.7 Å². The van der Waals surface area contributed by atoms with Crippen molar-refractivity contribution in [3.63, 3.8) is 0 Å². The van der Waals surface area contributed by atoms with Crippen molar-refractivity contribution in [2.24, 2.45) is 0 Å². The average molecular weight is 416 g/mol. The second-order valence-corrected chi connectivity index (χ2v) is 7.97. The molecule has 29 heavy (non-hydrogen) atoms. The molecule has 10 heteroatoms. The van der Waals surface area contributed by atoms with Crippen LogP contribution >= 0.6 is 0 Å². The molecule has 152 valence electrons. The molecule has 2 N–H and O–H groups in total. The van der Waals surface area contributed by atoms with Crippen LogP contribution in [0.1, 0.15) is 27.4 Å². The molecular formula is C19H20N4O5S. The minimum absolute atomic E-state index is 0.0962. The first-order valence-corrected chi connectivity index (χ1v) is 10.1. The third-order valence-electron chi connectivity index (χ3n) is 4.24. The highest BCUT2D eigenvalue weighted by Crippen LogP contribution is 2.29. The Hall–Kier alpha value is -3.40. The second-order valence-electron chi connectivity index (χ2n) is 6.31. The molecule has 2 aromatic heterocycles. The fraction of sp³-hybridized carbons (Fsp3) is 0.211. The molecule has 0 fully saturated rings. The molecule has 1 amide bonds. The number of carbonyl (C=O) groups excluding carboxylic acids is 1. The van der Waals surface area contributed by atoms with Gasteiger partial charge in [-0.25, -0.2) is 18.4 Å². The van der Waals surface area contributed by atoms with Crippen LogP contribution in [0.4, 0.5) is 11.4 Å². The van der Waals surface area contributed by atoms with Crippen molar-refractivity contribution in [2.45, 2.75) is 25.7 Å². The van der Waals surface area contributed by atoms with Crippen molar-refractivity contribution in [3.8, 4) is 5.88 Å². The van der Waals surface area contributed by atoms with Crippen LogP contribution in [0.15, 0.2) is 46.2 Å². The third kappa shape index (κ3) is 4.21. The van der Waals surface area contributed by atoms with Crippen molar-refractivity contribution < 1.29 is 22.4 Å². The van der Waals surface area contributed by atoms with E-state index < -0.39 is 15.9 Å². The average Bonchev–Trinajstić information content (AvgIpc) is 3.11. The predicted octanol–water partition coefficient (Wildman–Crippen LogP) is 3.06. The van der Waals surface area contributed by atoms with Crippen LogP contribution in [-0.2, 0) is 10.0 Å². The second kappa shape index (κ2) is 7.92. The van der Waals surface area contributed by atoms with Gasteiger partial charge in [0.2, 0.25) is 5.88 Å². The highest BCUT2D eigenvalue weighted by molar-refractivity contribution is 7.92. The third-order valence-corrected chi connectivity index (χ3v) is 5.58. The quantitative estimate of drug-likeness (QED) is 0.633. The molecule has 3 rings (SSSR count). The van der Waals surface area contributed by atoms with E-state index in [0.717, 1.165) is 17.5 Å². The normalized spacial score (nSPS) is 11.2. The highest BCUT2D eigenvalue weighted by Gasteiger charge is 2.24. The van der Waals surface area contributed by atoms with E-state index in [0.29, 0.717) is 11.4 Å². The number of benzene rings is 1. The van der Waals surface area contributed by atoms with E-state index in [1.165, 1.54) is 19.4 Å². The van der Waals surface area contributed by atoms with Crippen molar-refractivity contribution >= 4 is 27.3 Å². The summed E-state index contributed by atoms with van der Waals surface area (Å²) in [6.07, 6.45) is 2.45. The van der Waals surface area contributed by atoms with Crippen molar-refractivity contribution in [1.82, 2.24) is 9.97 Å². The Kier molecular flexibility index (Phi) is 5.55. The summed E-state index contributed by atoms with van der Waals surface area (Å²) >= 11 is 0. The fourth-order valence-corrected chi connectivity index (χ4v) is 4.07. The number of sulfonamides is 1. The van der Waals surface area contributed by atoms with Gasteiger partial charge in [-0.15, -0.1) is 0 Å². The summed E-state index contributed by atoms with van der Waals surface area (Å²) in [5.41, 5.74) is 2.28. The number of aryl methyl sites for hydroxylation is 3. The minimum Gasteiger partial charge on any atom is -0.480 e. The number of pyridine rings is 1. The molecule has 0 saturated carbocycles. The standard InChI is InChI=1S/C19H20N4O5S/c1-11-6-5-7-12(2)16(11)23-29(25,26)15-8-14(9-20-19(15)27-4)22-18(24)17-13(3)28-10-21-17/h5-10,23H,1-4H3,(H,22,24). The van der Waals surface area contributed by atoms with E-state index >= 15 is 0 Å². The molecule has 0 aliphatic carbocycles. The largest absolute Gasteiger partial charge is 0.480 e.